The van der Waals surface area contributed by atoms with Crippen LogP contribution in [0.4, 0.5) is 5.69 Å². The van der Waals surface area contributed by atoms with Gasteiger partial charge < -0.3 is 11.1 Å². The highest BCUT2D eigenvalue weighted by Gasteiger charge is 2.28. The molecule has 2 heterocycles. The number of hydrogen-bond acceptors (Lipinski definition) is 5. The second kappa shape index (κ2) is 4.52. The number of benzene rings is 1. The van der Waals surface area contributed by atoms with Crippen LogP contribution in [0.15, 0.2) is 28.5 Å². The van der Waals surface area contributed by atoms with Gasteiger partial charge in [-0.3, -0.25) is 4.79 Å². The van der Waals surface area contributed by atoms with Gasteiger partial charge in [-0.1, -0.05) is 11.6 Å². The number of fused-ring (bicyclic) bond motifs is 1. The van der Waals surface area contributed by atoms with Crippen LogP contribution in [0.25, 0.3) is 0 Å². The van der Waals surface area contributed by atoms with Crippen LogP contribution >= 0.6 is 23.4 Å². The molecule has 0 radical (unpaired) electrons. The molecule has 0 saturated carbocycles. The molecule has 1 aromatic heterocycles. The molecule has 0 saturated heterocycles. The van der Waals surface area contributed by atoms with E-state index in [1.54, 1.807) is 17.8 Å². The number of aromatic nitrogens is 3. The molecular formula is C11H10ClN5OS. The van der Waals surface area contributed by atoms with E-state index >= 15 is 0 Å². The SMILES string of the molecule is Cn1ncnc1Sc1cc2c(cc1Cl)C(N)C(=O)N2. The Labute approximate surface area is 118 Å². The molecule has 0 fully saturated rings. The van der Waals surface area contributed by atoms with Gasteiger partial charge in [-0.05, 0) is 23.9 Å². The Bertz CT molecular complexity index is 671. The molecule has 0 spiro atoms. The topological polar surface area (TPSA) is 85.8 Å². The first kappa shape index (κ1) is 12.5. The normalized spacial score (nSPS) is 17.4. The molecule has 3 rings (SSSR count). The molecule has 1 aliphatic rings. The van der Waals surface area contributed by atoms with Crippen LogP contribution in [-0.2, 0) is 11.8 Å². The van der Waals surface area contributed by atoms with E-state index in [2.05, 4.69) is 15.4 Å². The van der Waals surface area contributed by atoms with Crippen molar-refractivity contribution >= 4 is 35.0 Å². The molecular weight excluding hydrogens is 286 g/mol. The second-order valence-electron chi connectivity index (χ2n) is 4.11. The van der Waals surface area contributed by atoms with E-state index in [-0.39, 0.29) is 5.91 Å². The Balaban J connectivity index is 1.99. The zero-order valence-electron chi connectivity index (χ0n) is 9.92. The standard InChI is InChI=1S/C11H10ClN5OS/c1-17-11(14-4-15-17)19-8-3-7-5(2-6(8)12)9(13)10(18)16-7/h2-4,9H,13H2,1H3,(H,16,18). The molecule has 8 heteroatoms. The number of carbonyl (C=O) groups is 1. The van der Waals surface area contributed by atoms with Crippen LogP contribution in [-0.4, -0.2) is 20.7 Å². The average molecular weight is 296 g/mol. The zero-order chi connectivity index (χ0) is 13.6. The van der Waals surface area contributed by atoms with Crippen molar-refractivity contribution < 1.29 is 4.79 Å². The molecule has 1 amide bonds. The highest BCUT2D eigenvalue weighted by molar-refractivity contribution is 7.99. The van der Waals surface area contributed by atoms with Crippen LogP contribution in [0.1, 0.15) is 11.6 Å². The third kappa shape index (κ3) is 2.09. The van der Waals surface area contributed by atoms with E-state index in [0.29, 0.717) is 10.7 Å². The average Bonchev–Trinajstić information content (AvgIpc) is 2.88. The van der Waals surface area contributed by atoms with Crippen LogP contribution < -0.4 is 11.1 Å². The molecule has 1 aliphatic heterocycles. The number of aryl methyl sites for hydroxylation is 1. The fraction of sp³-hybridized carbons (Fsp3) is 0.182. The van der Waals surface area contributed by atoms with Crippen LogP contribution in [0.5, 0.6) is 0 Å². The Morgan fingerprint density at radius 2 is 2.32 bits per heavy atom. The molecule has 2 aromatic rings. The molecule has 1 unspecified atom stereocenters. The Morgan fingerprint density at radius 1 is 1.53 bits per heavy atom. The van der Waals surface area contributed by atoms with Gasteiger partial charge in [0.25, 0.3) is 0 Å². The fourth-order valence-corrected chi connectivity index (χ4v) is 2.94. The van der Waals surface area contributed by atoms with Crippen molar-refractivity contribution in [2.75, 3.05) is 5.32 Å². The first-order valence-electron chi connectivity index (χ1n) is 5.48. The van der Waals surface area contributed by atoms with Crippen molar-refractivity contribution in [3.63, 3.8) is 0 Å². The Hall–Kier alpha value is -1.57. The summed E-state index contributed by atoms with van der Waals surface area (Å²) in [4.78, 5) is 16.4. The maximum atomic E-state index is 11.5. The van der Waals surface area contributed by atoms with E-state index in [0.717, 1.165) is 15.6 Å². The predicted molar refractivity (Wildman–Crippen MR) is 72.1 cm³/mol. The minimum absolute atomic E-state index is 0.216. The van der Waals surface area contributed by atoms with Crippen molar-refractivity contribution in [1.82, 2.24) is 14.8 Å². The summed E-state index contributed by atoms with van der Waals surface area (Å²) in [5.41, 5.74) is 7.19. The van der Waals surface area contributed by atoms with E-state index in [1.165, 1.54) is 18.1 Å². The molecule has 1 aromatic carbocycles. The number of rotatable bonds is 2. The van der Waals surface area contributed by atoms with Crippen LogP contribution in [0.2, 0.25) is 5.02 Å². The van der Waals surface area contributed by atoms with E-state index in [9.17, 15) is 4.79 Å². The second-order valence-corrected chi connectivity index (χ2v) is 5.52. The summed E-state index contributed by atoms with van der Waals surface area (Å²) in [5, 5.41) is 7.98. The molecule has 98 valence electrons. The smallest absolute Gasteiger partial charge is 0.245 e. The first-order valence-corrected chi connectivity index (χ1v) is 6.67. The number of hydrogen-bond donors (Lipinski definition) is 2. The number of anilines is 1. The fourth-order valence-electron chi connectivity index (χ4n) is 1.84. The lowest BCUT2D eigenvalue weighted by molar-refractivity contribution is -0.116. The van der Waals surface area contributed by atoms with Gasteiger partial charge in [-0.25, -0.2) is 9.67 Å². The lowest BCUT2D eigenvalue weighted by Gasteiger charge is -2.07. The van der Waals surface area contributed by atoms with Crippen molar-refractivity contribution in [3.8, 4) is 0 Å². The monoisotopic (exact) mass is 295 g/mol. The number of halogens is 1. The largest absolute Gasteiger partial charge is 0.324 e. The number of carbonyl (C=O) groups excluding carboxylic acids is 1. The van der Waals surface area contributed by atoms with Gasteiger partial charge in [0.2, 0.25) is 5.91 Å². The van der Waals surface area contributed by atoms with Gasteiger partial charge in [0.05, 0.1) is 5.02 Å². The summed E-state index contributed by atoms with van der Waals surface area (Å²) < 4.78 is 1.65. The highest BCUT2D eigenvalue weighted by atomic mass is 35.5. The van der Waals surface area contributed by atoms with Gasteiger partial charge in [-0.15, -0.1) is 0 Å². The van der Waals surface area contributed by atoms with Crippen LogP contribution in [0.3, 0.4) is 0 Å². The summed E-state index contributed by atoms with van der Waals surface area (Å²) in [6.45, 7) is 0. The number of nitrogens with one attached hydrogen (secondary N) is 1. The van der Waals surface area contributed by atoms with Gasteiger partial charge >= 0.3 is 0 Å². The number of nitrogens with zero attached hydrogens (tertiary/aromatic N) is 3. The first-order chi connectivity index (χ1) is 9.06. The van der Waals surface area contributed by atoms with Gasteiger partial charge in [0.1, 0.15) is 12.4 Å². The zero-order valence-corrected chi connectivity index (χ0v) is 11.5. The van der Waals surface area contributed by atoms with Crippen molar-refractivity contribution in [2.45, 2.75) is 16.1 Å². The lowest BCUT2D eigenvalue weighted by Crippen LogP contribution is -2.19. The van der Waals surface area contributed by atoms with Crippen molar-refractivity contribution in [3.05, 3.63) is 29.0 Å². The molecule has 19 heavy (non-hydrogen) atoms. The van der Waals surface area contributed by atoms with Gasteiger partial charge in [0.15, 0.2) is 5.16 Å². The Kier molecular flexibility index (Phi) is 2.96. The molecule has 0 aliphatic carbocycles. The number of nitrogens with two attached hydrogens (primary N) is 1. The maximum absolute atomic E-state index is 11.5. The predicted octanol–water partition coefficient (Wildman–Crippen LogP) is 1.57. The van der Waals surface area contributed by atoms with Gasteiger partial charge in [-0.2, -0.15) is 5.10 Å². The van der Waals surface area contributed by atoms with Crippen molar-refractivity contribution in [2.24, 2.45) is 12.8 Å². The molecule has 3 N–H and O–H groups in total. The molecule has 6 nitrogen and oxygen atoms in total. The minimum atomic E-state index is -0.652. The highest BCUT2D eigenvalue weighted by Crippen LogP contribution is 2.39. The van der Waals surface area contributed by atoms with Crippen LogP contribution in [0, 0.1) is 0 Å². The summed E-state index contributed by atoms with van der Waals surface area (Å²) in [7, 11) is 1.80. The summed E-state index contributed by atoms with van der Waals surface area (Å²) >= 11 is 7.60. The van der Waals surface area contributed by atoms with E-state index < -0.39 is 6.04 Å². The quantitative estimate of drug-likeness (QED) is 0.878. The van der Waals surface area contributed by atoms with Gasteiger partial charge in [0, 0.05) is 23.2 Å². The summed E-state index contributed by atoms with van der Waals surface area (Å²) in [6.07, 6.45) is 1.47. The maximum Gasteiger partial charge on any atom is 0.245 e. The summed E-state index contributed by atoms with van der Waals surface area (Å²) in [5.74, 6) is -0.216. The Morgan fingerprint density at radius 3 is 3.00 bits per heavy atom. The third-order valence-electron chi connectivity index (χ3n) is 2.85. The molecule has 1 atom stereocenters. The third-order valence-corrected chi connectivity index (χ3v) is 4.39. The molecule has 0 bridgehead atoms. The van der Waals surface area contributed by atoms with E-state index in [4.69, 9.17) is 17.3 Å². The lowest BCUT2D eigenvalue weighted by atomic mass is 10.1. The number of amides is 1. The van der Waals surface area contributed by atoms with E-state index in [1.807, 2.05) is 6.07 Å². The minimum Gasteiger partial charge on any atom is -0.324 e. The summed E-state index contributed by atoms with van der Waals surface area (Å²) in [6, 6.07) is 2.88. The van der Waals surface area contributed by atoms with Crippen molar-refractivity contribution in [1.29, 1.82) is 0 Å².